The average Bonchev–Trinajstić information content (AvgIpc) is 2.52. The van der Waals surface area contributed by atoms with Crippen LogP contribution in [0, 0.1) is 0 Å². The molecule has 3 nitrogen and oxygen atoms in total. The van der Waals surface area contributed by atoms with Gasteiger partial charge in [0.2, 0.25) is 5.91 Å². The van der Waals surface area contributed by atoms with Crippen molar-refractivity contribution in [3.05, 3.63) is 58.6 Å². The molecule has 0 aliphatic heterocycles. The van der Waals surface area contributed by atoms with E-state index >= 15 is 0 Å². The normalized spacial score (nSPS) is 10.3. The third-order valence-corrected chi connectivity index (χ3v) is 4.05. The van der Waals surface area contributed by atoms with Gasteiger partial charge in [0.1, 0.15) is 0 Å². The molecule has 0 atom stereocenters. The Morgan fingerprint density at radius 2 is 1.82 bits per heavy atom. The predicted octanol–water partition coefficient (Wildman–Crippen LogP) is 4.85. The zero-order chi connectivity index (χ0) is 15.9. The topological polar surface area (TPSA) is 32.3 Å². The van der Waals surface area contributed by atoms with Gasteiger partial charge in [-0.3, -0.25) is 4.79 Å². The molecule has 1 amide bonds. The van der Waals surface area contributed by atoms with Crippen LogP contribution >= 0.6 is 23.2 Å². The maximum atomic E-state index is 12.0. The molecular weight excluding hydrogens is 319 g/mol. The highest BCUT2D eigenvalue weighted by molar-refractivity contribution is 6.42. The smallest absolute Gasteiger partial charge is 0.226 e. The van der Waals surface area contributed by atoms with Gasteiger partial charge >= 0.3 is 0 Å². The molecular formula is C17H18Cl2N2O. The molecule has 5 heteroatoms. The first-order chi connectivity index (χ1) is 10.6. The van der Waals surface area contributed by atoms with E-state index in [9.17, 15) is 4.79 Å². The van der Waals surface area contributed by atoms with Crippen molar-refractivity contribution >= 4 is 40.5 Å². The zero-order valence-corrected chi connectivity index (χ0v) is 13.9. The summed E-state index contributed by atoms with van der Waals surface area (Å²) in [4.78, 5) is 14.2. The summed E-state index contributed by atoms with van der Waals surface area (Å²) >= 11 is 11.8. The number of carbonyl (C=O) groups is 1. The highest BCUT2D eigenvalue weighted by Gasteiger charge is 2.08. The molecule has 2 aromatic carbocycles. The molecule has 0 spiro atoms. The van der Waals surface area contributed by atoms with Crippen molar-refractivity contribution in [3.8, 4) is 0 Å². The van der Waals surface area contributed by atoms with Gasteiger partial charge in [0.05, 0.1) is 10.0 Å². The number of hydrogen-bond acceptors (Lipinski definition) is 2. The van der Waals surface area contributed by atoms with Crippen molar-refractivity contribution in [2.45, 2.75) is 13.3 Å². The summed E-state index contributed by atoms with van der Waals surface area (Å²) in [7, 11) is 0. The Hall–Kier alpha value is -1.71. The first-order valence-electron chi connectivity index (χ1n) is 7.15. The molecule has 22 heavy (non-hydrogen) atoms. The third-order valence-electron chi connectivity index (χ3n) is 3.32. The van der Waals surface area contributed by atoms with E-state index in [1.165, 1.54) is 0 Å². The van der Waals surface area contributed by atoms with E-state index < -0.39 is 0 Å². The van der Waals surface area contributed by atoms with Gasteiger partial charge in [-0.05, 0) is 37.3 Å². The third kappa shape index (κ3) is 4.65. The van der Waals surface area contributed by atoms with Crippen LogP contribution in [-0.2, 0) is 4.79 Å². The first-order valence-corrected chi connectivity index (χ1v) is 7.90. The van der Waals surface area contributed by atoms with Gasteiger partial charge in [-0.2, -0.15) is 0 Å². The van der Waals surface area contributed by atoms with E-state index in [4.69, 9.17) is 23.2 Å². The lowest BCUT2D eigenvalue weighted by molar-refractivity contribution is -0.116. The van der Waals surface area contributed by atoms with Gasteiger partial charge in [-0.25, -0.2) is 0 Å². The number of halogens is 2. The summed E-state index contributed by atoms with van der Waals surface area (Å²) < 4.78 is 0. The quantitative estimate of drug-likeness (QED) is 0.817. The van der Waals surface area contributed by atoms with E-state index in [1.54, 1.807) is 18.2 Å². The van der Waals surface area contributed by atoms with Crippen LogP contribution < -0.4 is 10.2 Å². The van der Waals surface area contributed by atoms with Gasteiger partial charge in [0.15, 0.2) is 0 Å². The number of anilines is 2. The molecule has 116 valence electrons. The fraction of sp³-hybridized carbons (Fsp3) is 0.235. The van der Waals surface area contributed by atoms with Gasteiger partial charge in [-0.15, -0.1) is 0 Å². The fourth-order valence-corrected chi connectivity index (χ4v) is 2.44. The van der Waals surface area contributed by atoms with Crippen LogP contribution in [0.25, 0.3) is 0 Å². The molecule has 0 radical (unpaired) electrons. The van der Waals surface area contributed by atoms with E-state index in [0.29, 0.717) is 28.7 Å². The summed E-state index contributed by atoms with van der Waals surface area (Å²) in [5.41, 5.74) is 1.77. The summed E-state index contributed by atoms with van der Waals surface area (Å²) in [5, 5.41) is 3.73. The van der Waals surface area contributed by atoms with Crippen LogP contribution in [0.5, 0.6) is 0 Å². The molecule has 1 N–H and O–H groups in total. The van der Waals surface area contributed by atoms with Gasteiger partial charge in [-0.1, -0.05) is 41.4 Å². The number of amides is 1. The first kappa shape index (κ1) is 16.7. The molecule has 2 aromatic rings. The van der Waals surface area contributed by atoms with Crippen LogP contribution in [0.4, 0.5) is 11.4 Å². The maximum absolute atomic E-state index is 12.0. The Labute approximate surface area is 140 Å². The summed E-state index contributed by atoms with van der Waals surface area (Å²) in [6, 6.07) is 15.1. The fourth-order valence-electron chi connectivity index (χ4n) is 2.14. The molecule has 0 saturated carbocycles. The Morgan fingerprint density at radius 3 is 2.45 bits per heavy atom. The van der Waals surface area contributed by atoms with Gasteiger partial charge < -0.3 is 10.2 Å². The monoisotopic (exact) mass is 336 g/mol. The number of rotatable bonds is 6. The number of carbonyl (C=O) groups excluding carboxylic acids is 1. The van der Waals surface area contributed by atoms with Crippen molar-refractivity contribution in [1.82, 2.24) is 0 Å². The maximum Gasteiger partial charge on any atom is 0.226 e. The zero-order valence-electron chi connectivity index (χ0n) is 12.4. The van der Waals surface area contributed by atoms with Gasteiger partial charge in [0, 0.05) is 30.9 Å². The second-order valence-electron chi connectivity index (χ2n) is 4.84. The minimum absolute atomic E-state index is 0.0484. The van der Waals surface area contributed by atoms with E-state index in [2.05, 4.69) is 17.1 Å². The number of para-hydroxylation sites is 1. The SMILES string of the molecule is CCN(CCC(=O)Nc1ccc(Cl)c(Cl)c1)c1ccccc1. The number of nitrogens with zero attached hydrogens (tertiary/aromatic N) is 1. The second kappa shape index (κ2) is 8.06. The highest BCUT2D eigenvalue weighted by Crippen LogP contribution is 2.25. The second-order valence-corrected chi connectivity index (χ2v) is 5.66. The molecule has 2 rings (SSSR count). The molecule has 0 aliphatic rings. The molecule has 0 aromatic heterocycles. The molecule has 0 bridgehead atoms. The van der Waals surface area contributed by atoms with E-state index in [-0.39, 0.29) is 5.91 Å². The minimum Gasteiger partial charge on any atom is -0.371 e. The number of nitrogens with one attached hydrogen (secondary N) is 1. The standard InChI is InChI=1S/C17H18Cl2N2O/c1-2-21(14-6-4-3-5-7-14)11-10-17(22)20-13-8-9-15(18)16(19)12-13/h3-9,12H,2,10-11H2,1H3,(H,20,22). The summed E-state index contributed by atoms with van der Waals surface area (Å²) in [6.07, 6.45) is 0.406. The number of benzene rings is 2. The van der Waals surface area contributed by atoms with Gasteiger partial charge in [0.25, 0.3) is 0 Å². The van der Waals surface area contributed by atoms with Crippen LogP contribution in [0.3, 0.4) is 0 Å². The Bertz CT molecular complexity index is 632. The molecule has 0 heterocycles. The number of hydrogen-bond donors (Lipinski definition) is 1. The molecule has 0 aliphatic carbocycles. The van der Waals surface area contributed by atoms with Crippen molar-refractivity contribution in [1.29, 1.82) is 0 Å². The van der Waals surface area contributed by atoms with Crippen molar-refractivity contribution in [2.75, 3.05) is 23.3 Å². The lowest BCUT2D eigenvalue weighted by atomic mass is 10.2. The summed E-state index contributed by atoms with van der Waals surface area (Å²) in [5.74, 6) is -0.0484. The lowest BCUT2D eigenvalue weighted by Crippen LogP contribution is -2.27. The minimum atomic E-state index is -0.0484. The largest absolute Gasteiger partial charge is 0.371 e. The van der Waals surface area contributed by atoms with Crippen LogP contribution in [0.2, 0.25) is 10.0 Å². The molecule has 0 fully saturated rings. The van der Waals surface area contributed by atoms with Crippen LogP contribution in [0.15, 0.2) is 48.5 Å². The molecule has 0 saturated heterocycles. The Balaban J connectivity index is 1.90. The lowest BCUT2D eigenvalue weighted by Gasteiger charge is -2.22. The molecule has 0 unspecified atom stereocenters. The van der Waals surface area contributed by atoms with Crippen LogP contribution in [0.1, 0.15) is 13.3 Å². The summed E-state index contributed by atoms with van der Waals surface area (Å²) in [6.45, 7) is 3.58. The van der Waals surface area contributed by atoms with E-state index in [1.807, 2.05) is 30.3 Å². The van der Waals surface area contributed by atoms with Crippen LogP contribution in [-0.4, -0.2) is 19.0 Å². The van der Waals surface area contributed by atoms with Crippen molar-refractivity contribution in [2.24, 2.45) is 0 Å². The Morgan fingerprint density at radius 1 is 1.09 bits per heavy atom. The van der Waals surface area contributed by atoms with Crippen molar-refractivity contribution in [3.63, 3.8) is 0 Å². The Kier molecular flexibility index (Phi) is 6.10. The average molecular weight is 337 g/mol. The van der Waals surface area contributed by atoms with E-state index in [0.717, 1.165) is 12.2 Å². The van der Waals surface area contributed by atoms with Crippen molar-refractivity contribution < 1.29 is 4.79 Å². The predicted molar refractivity (Wildman–Crippen MR) is 94.0 cm³/mol. The highest BCUT2D eigenvalue weighted by atomic mass is 35.5.